The van der Waals surface area contributed by atoms with Gasteiger partial charge in [-0.3, -0.25) is 4.79 Å². The van der Waals surface area contributed by atoms with Crippen LogP contribution >= 0.6 is 0 Å². The van der Waals surface area contributed by atoms with E-state index in [1.165, 1.54) is 6.92 Å². The van der Waals surface area contributed by atoms with Crippen molar-refractivity contribution in [3.05, 3.63) is 72.8 Å². The quantitative estimate of drug-likeness (QED) is 0.402. The molecule has 0 amide bonds. The second kappa shape index (κ2) is 5.95. The van der Waals surface area contributed by atoms with Crippen LogP contribution in [0.3, 0.4) is 0 Å². The summed E-state index contributed by atoms with van der Waals surface area (Å²) in [5.41, 5.74) is 1.33. The molecule has 4 aromatic carbocycles. The van der Waals surface area contributed by atoms with Gasteiger partial charge in [-0.05, 0) is 22.9 Å². The van der Waals surface area contributed by atoms with Crippen LogP contribution in [0.4, 0.5) is 0 Å². The van der Waals surface area contributed by atoms with E-state index in [1.807, 2.05) is 72.8 Å². The standard InChI is InChI=1S/C22H16O3/c1-14(23)25-22-18-9-5-3-7-16(18)11-13-20(22)19-12-10-15-6-2-4-8-17(15)21(19)24/h2-13,24H,1H3. The molecule has 0 unspecified atom stereocenters. The highest BCUT2D eigenvalue weighted by molar-refractivity contribution is 6.01. The lowest BCUT2D eigenvalue weighted by Gasteiger charge is -2.14. The van der Waals surface area contributed by atoms with E-state index in [0.717, 1.165) is 21.5 Å². The zero-order valence-electron chi connectivity index (χ0n) is 13.7. The van der Waals surface area contributed by atoms with Crippen LogP contribution in [-0.4, -0.2) is 11.1 Å². The number of hydrogen-bond donors (Lipinski definition) is 1. The summed E-state index contributed by atoms with van der Waals surface area (Å²) in [6, 6.07) is 23.0. The van der Waals surface area contributed by atoms with E-state index in [2.05, 4.69) is 0 Å². The Morgan fingerprint density at radius 3 is 2.00 bits per heavy atom. The van der Waals surface area contributed by atoms with E-state index in [4.69, 9.17) is 4.74 Å². The minimum absolute atomic E-state index is 0.182. The molecule has 0 heterocycles. The summed E-state index contributed by atoms with van der Waals surface area (Å²) < 4.78 is 5.53. The molecular weight excluding hydrogens is 312 g/mol. The van der Waals surface area contributed by atoms with Crippen molar-refractivity contribution in [2.75, 3.05) is 0 Å². The topological polar surface area (TPSA) is 46.5 Å². The van der Waals surface area contributed by atoms with E-state index in [9.17, 15) is 9.90 Å². The van der Waals surface area contributed by atoms with E-state index in [-0.39, 0.29) is 5.75 Å². The molecular formula is C22H16O3. The van der Waals surface area contributed by atoms with Crippen molar-refractivity contribution in [2.45, 2.75) is 6.92 Å². The Hall–Kier alpha value is -3.33. The number of esters is 1. The van der Waals surface area contributed by atoms with Crippen molar-refractivity contribution >= 4 is 27.5 Å². The van der Waals surface area contributed by atoms with Crippen molar-refractivity contribution < 1.29 is 14.6 Å². The molecule has 0 atom stereocenters. The van der Waals surface area contributed by atoms with Gasteiger partial charge in [-0.15, -0.1) is 0 Å². The molecule has 4 rings (SSSR count). The van der Waals surface area contributed by atoms with Gasteiger partial charge in [0.25, 0.3) is 0 Å². The van der Waals surface area contributed by atoms with Gasteiger partial charge in [0.1, 0.15) is 11.5 Å². The Labute approximate surface area is 145 Å². The number of rotatable bonds is 2. The molecule has 0 saturated carbocycles. The monoisotopic (exact) mass is 328 g/mol. The van der Waals surface area contributed by atoms with Crippen LogP contribution < -0.4 is 4.74 Å². The summed E-state index contributed by atoms with van der Waals surface area (Å²) in [4.78, 5) is 11.7. The molecule has 0 fully saturated rings. The summed E-state index contributed by atoms with van der Waals surface area (Å²) in [5.74, 6) is 0.260. The second-order valence-electron chi connectivity index (χ2n) is 5.94. The fourth-order valence-corrected chi connectivity index (χ4v) is 3.18. The minimum atomic E-state index is -0.391. The maximum atomic E-state index is 11.7. The molecule has 0 bridgehead atoms. The number of aromatic hydroxyl groups is 1. The van der Waals surface area contributed by atoms with Crippen LogP contribution in [-0.2, 0) is 4.79 Å². The number of carbonyl (C=O) groups is 1. The molecule has 0 aromatic heterocycles. The van der Waals surface area contributed by atoms with Crippen molar-refractivity contribution in [2.24, 2.45) is 0 Å². The van der Waals surface area contributed by atoms with Crippen molar-refractivity contribution in [1.29, 1.82) is 0 Å². The van der Waals surface area contributed by atoms with Gasteiger partial charge >= 0.3 is 5.97 Å². The van der Waals surface area contributed by atoms with E-state index >= 15 is 0 Å². The van der Waals surface area contributed by atoms with Gasteiger partial charge < -0.3 is 9.84 Å². The first-order valence-electron chi connectivity index (χ1n) is 8.06. The predicted octanol–water partition coefficient (Wildman–Crippen LogP) is 5.29. The molecule has 4 aromatic rings. The molecule has 122 valence electrons. The fourth-order valence-electron chi connectivity index (χ4n) is 3.18. The fraction of sp³-hybridized carbons (Fsp3) is 0.0455. The Bertz CT molecular complexity index is 1110. The van der Waals surface area contributed by atoms with Gasteiger partial charge in [0, 0.05) is 28.8 Å². The zero-order chi connectivity index (χ0) is 17.4. The van der Waals surface area contributed by atoms with Gasteiger partial charge in [0.2, 0.25) is 0 Å². The van der Waals surface area contributed by atoms with Crippen molar-refractivity contribution in [3.63, 3.8) is 0 Å². The zero-order valence-corrected chi connectivity index (χ0v) is 13.7. The Morgan fingerprint density at radius 1 is 0.760 bits per heavy atom. The highest BCUT2D eigenvalue weighted by Crippen LogP contribution is 2.43. The lowest BCUT2D eigenvalue weighted by atomic mass is 9.96. The summed E-state index contributed by atoms with van der Waals surface area (Å²) in [6.45, 7) is 1.38. The van der Waals surface area contributed by atoms with Crippen LogP contribution in [0, 0.1) is 0 Å². The Balaban J connectivity index is 2.04. The first-order chi connectivity index (χ1) is 12.1. The maximum Gasteiger partial charge on any atom is 0.308 e. The van der Waals surface area contributed by atoms with Gasteiger partial charge in [-0.1, -0.05) is 60.7 Å². The van der Waals surface area contributed by atoms with E-state index in [0.29, 0.717) is 16.9 Å². The predicted molar refractivity (Wildman–Crippen MR) is 99.9 cm³/mol. The lowest BCUT2D eigenvalue weighted by molar-refractivity contribution is -0.131. The number of hydrogen-bond acceptors (Lipinski definition) is 3. The number of phenols is 1. The molecule has 0 aliphatic carbocycles. The number of fused-ring (bicyclic) bond motifs is 2. The largest absolute Gasteiger partial charge is 0.507 e. The summed E-state index contributed by atoms with van der Waals surface area (Å²) in [5, 5.41) is 14.3. The maximum absolute atomic E-state index is 11.7. The average Bonchev–Trinajstić information content (AvgIpc) is 2.63. The van der Waals surface area contributed by atoms with Crippen LogP contribution in [0.25, 0.3) is 32.7 Å². The van der Waals surface area contributed by atoms with Gasteiger partial charge in [0.15, 0.2) is 0 Å². The van der Waals surface area contributed by atoms with Gasteiger partial charge in [-0.25, -0.2) is 0 Å². The molecule has 3 heteroatoms. The van der Waals surface area contributed by atoms with Crippen molar-refractivity contribution in [3.8, 4) is 22.6 Å². The number of benzene rings is 4. The molecule has 0 aliphatic heterocycles. The van der Waals surface area contributed by atoms with Gasteiger partial charge in [0.05, 0.1) is 0 Å². The van der Waals surface area contributed by atoms with Crippen LogP contribution in [0.5, 0.6) is 11.5 Å². The third-order valence-corrected chi connectivity index (χ3v) is 4.32. The number of ether oxygens (including phenoxy) is 1. The lowest BCUT2D eigenvalue weighted by Crippen LogP contribution is -2.03. The molecule has 3 nitrogen and oxygen atoms in total. The first kappa shape index (κ1) is 15.2. The number of carbonyl (C=O) groups excluding carboxylic acids is 1. The van der Waals surface area contributed by atoms with Gasteiger partial charge in [-0.2, -0.15) is 0 Å². The third-order valence-electron chi connectivity index (χ3n) is 4.32. The first-order valence-corrected chi connectivity index (χ1v) is 8.06. The SMILES string of the molecule is CC(=O)Oc1c(-c2ccc3ccccc3c2O)ccc2ccccc12. The molecule has 0 aliphatic rings. The highest BCUT2D eigenvalue weighted by atomic mass is 16.5. The smallest absolute Gasteiger partial charge is 0.308 e. The third kappa shape index (κ3) is 2.60. The molecule has 1 N–H and O–H groups in total. The normalized spacial score (nSPS) is 10.9. The van der Waals surface area contributed by atoms with Crippen LogP contribution in [0.1, 0.15) is 6.92 Å². The van der Waals surface area contributed by atoms with Crippen molar-refractivity contribution in [1.82, 2.24) is 0 Å². The van der Waals surface area contributed by atoms with E-state index < -0.39 is 5.97 Å². The molecule has 0 spiro atoms. The summed E-state index contributed by atoms with van der Waals surface area (Å²) in [6.07, 6.45) is 0. The summed E-state index contributed by atoms with van der Waals surface area (Å²) in [7, 11) is 0. The van der Waals surface area contributed by atoms with Crippen LogP contribution in [0.15, 0.2) is 72.8 Å². The molecule has 0 radical (unpaired) electrons. The Kier molecular flexibility index (Phi) is 3.62. The highest BCUT2D eigenvalue weighted by Gasteiger charge is 2.16. The minimum Gasteiger partial charge on any atom is -0.507 e. The van der Waals surface area contributed by atoms with Crippen LogP contribution in [0.2, 0.25) is 0 Å². The summed E-state index contributed by atoms with van der Waals surface area (Å²) >= 11 is 0. The molecule has 25 heavy (non-hydrogen) atoms. The second-order valence-corrected chi connectivity index (χ2v) is 5.94. The van der Waals surface area contributed by atoms with E-state index in [1.54, 1.807) is 0 Å². The number of phenolic OH excluding ortho intramolecular Hbond substituents is 1. The molecule has 0 saturated heterocycles. The Morgan fingerprint density at radius 2 is 1.32 bits per heavy atom. The average molecular weight is 328 g/mol.